The summed E-state index contributed by atoms with van der Waals surface area (Å²) >= 11 is 0. The van der Waals surface area contributed by atoms with E-state index < -0.39 is 6.61 Å². The number of ketones is 1. The lowest BCUT2D eigenvalue weighted by molar-refractivity contribution is 0.0903. The normalized spacial score (nSPS) is 10.1. The fraction of sp³-hybridized carbons (Fsp3) is 0.125. The molecule has 1 amide bonds. The van der Waals surface area contributed by atoms with Crippen LogP contribution in [0.3, 0.4) is 0 Å². The molecule has 0 spiro atoms. The van der Waals surface area contributed by atoms with Crippen molar-refractivity contribution >= 4 is 17.4 Å². The van der Waals surface area contributed by atoms with Gasteiger partial charge in [-0.2, -0.15) is 0 Å². The highest BCUT2D eigenvalue weighted by atomic mass is 16.3. The molecule has 0 unspecified atom stereocenters. The Bertz CT molecular complexity index is 632. The van der Waals surface area contributed by atoms with Gasteiger partial charge in [0.05, 0.1) is 0 Å². The lowest BCUT2D eigenvalue weighted by atomic mass is 10.1. The second-order valence-electron chi connectivity index (χ2n) is 4.48. The van der Waals surface area contributed by atoms with E-state index in [-0.39, 0.29) is 11.7 Å². The van der Waals surface area contributed by atoms with Crippen LogP contribution in [-0.2, 0) is 0 Å². The lowest BCUT2D eigenvalue weighted by Gasteiger charge is -2.07. The van der Waals surface area contributed by atoms with E-state index >= 15 is 0 Å². The number of Topliss-reactive ketones (excluding diaryl/α,β-unsaturated/α-hetero) is 1. The Morgan fingerprint density at radius 3 is 2.40 bits per heavy atom. The van der Waals surface area contributed by atoms with Crippen molar-refractivity contribution in [2.75, 3.05) is 11.9 Å². The van der Waals surface area contributed by atoms with E-state index in [1.165, 1.54) is 0 Å². The molecule has 0 aliphatic heterocycles. The van der Waals surface area contributed by atoms with E-state index in [9.17, 15) is 9.59 Å². The minimum atomic E-state index is -0.546. The molecule has 0 aliphatic carbocycles. The topological polar surface area (TPSA) is 66.4 Å². The standard InChI is InChI=1S/C16H15NO3/c1-11-5-7-12(8-6-11)16(20)17-14-4-2-3-13(9-14)15(19)10-18/h2-9,18H,10H2,1H3,(H,17,20). The SMILES string of the molecule is Cc1ccc(C(=O)Nc2cccc(C(=O)CO)c2)cc1. The third-order valence-corrected chi connectivity index (χ3v) is 2.90. The number of aliphatic hydroxyl groups excluding tert-OH is 1. The molecular weight excluding hydrogens is 254 g/mol. The van der Waals surface area contributed by atoms with Crippen molar-refractivity contribution in [1.82, 2.24) is 0 Å². The number of nitrogens with one attached hydrogen (secondary N) is 1. The number of hydrogen-bond donors (Lipinski definition) is 2. The minimum Gasteiger partial charge on any atom is -0.388 e. The van der Waals surface area contributed by atoms with Crippen molar-refractivity contribution in [2.24, 2.45) is 0 Å². The van der Waals surface area contributed by atoms with Gasteiger partial charge < -0.3 is 10.4 Å². The number of rotatable bonds is 4. The first-order chi connectivity index (χ1) is 9.60. The van der Waals surface area contributed by atoms with Crippen LogP contribution in [0.4, 0.5) is 5.69 Å². The van der Waals surface area contributed by atoms with Gasteiger partial charge in [-0.1, -0.05) is 29.8 Å². The van der Waals surface area contributed by atoms with Gasteiger partial charge in [-0.15, -0.1) is 0 Å². The van der Waals surface area contributed by atoms with Gasteiger partial charge >= 0.3 is 0 Å². The van der Waals surface area contributed by atoms with Crippen LogP contribution < -0.4 is 5.32 Å². The molecule has 0 heterocycles. The van der Waals surface area contributed by atoms with Gasteiger partial charge in [0.2, 0.25) is 0 Å². The van der Waals surface area contributed by atoms with Gasteiger partial charge in [0, 0.05) is 16.8 Å². The smallest absolute Gasteiger partial charge is 0.255 e. The first kappa shape index (κ1) is 14.0. The number of hydrogen-bond acceptors (Lipinski definition) is 3. The first-order valence-electron chi connectivity index (χ1n) is 6.22. The zero-order valence-corrected chi connectivity index (χ0v) is 11.1. The summed E-state index contributed by atoms with van der Waals surface area (Å²) in [4.78, 5) is 23.4. The Balaban J connectivity index is 2.15. The number of anilines is 1. The monoisotopic (exact) mass is 269 g/mol. The molecule has 0 saturated heterocycles. The van der Waals surface area contributed by atoms with Gasteiger partial charge in [-0.3, -0.25) is 9.59 Å². The molecule has 20 heavy (non-hydrogen) atoms. The molecule has 102 valence electrons. The second kappa shape index (κ2) is 6.12. The molecule has 0 aromatic heterocycles. The molecule has 4 nitrogen and oxygen atoms in total. The van der Waals surface area contributed by atoms with Gasteiger partial charge in [0.15, 0.2) is 5.78 Å². The number of carbonyl (C=O) groups is 2. The number of carbonyl (C=O) groups excluding carboxylic acids is 2. The van der Waals surface area contributed by atoms with E-state index in [1.807, 2.05) is 19.1 Å². The molecule has 0 atom stereocenters. The van der Waals surface area contributed by atoms with Crippen LogP contribution in [0, 0.1) is 6.92 Å². The number of amides is 1. The van der Waals surface area contributed by atoms with Crippen LogP contribution in [0.1, 0.15) is 26.3 Å². The van der Waals surface area contributed by atoms with Crippen molar-refractivity contribution in [1.29, 1.82) is 0 Å². The van der Waals surface area contributed by atoms with E-state index in [1.54, 1.807) is 36.4 Å². The Kier molecular flexibility index (Phi) is 4.27. The van der Waals surface area contributed by atoms with Crippen molar-refractivity contribution in [2.45, 2.75) is 6.92 Å². The largest absolute Gasteiger partial charge is 0.388 e. The van der Waals surface area contributed by atoms with Crippen molar-refractivity contribution in [3.63, 3.8) is 0 Å². The molecule has 2 rings (SSSR count). The van der Waals surface area contributed by atoms with E-state index in [0.29, 0.717) is 16.8 Å². The summed E-state index contributed by atoms with van der Waals surface area (Å²) in [5.41, 5.74) is 2.52. The maximum absolute atomic E-state index is 12.0. The molecule has 0 fully saturated rings. The van der Waals surface area contributed by atoms with Crippen LogP contribution in [0.5, 0.6) is 0 Å². The maximum atomic E-state index is 12.0. The van der Waals surface area contributed by atoms with E-state index in [4.69, 9.17) is 5.11 Å². The maximum Gasteiger partial charge on any atom is 0.255 e. The van der Waals surface area contributed by atoms with E-state index in [2.05, 4.69) is 5.32 Å². The third-order valence-electron chi connectivity index (χ3n) is 2.90. The summed E-state index contributed by atoms with van der Waals surface area (Å²) in [5, 5.41) is 11.6. The van der Waals surface area contributed by atoms with Gasteiger partial charge in [-0.05, 0) is 31.2 Å². The Hall–Kier alpha value is -2.46. The average Bonchev–Trinajstić information content (AvgIpc) is 2.47. The van der Waals surface area contributed by atoms with E-state index in [0.717, 1.165) is 5.56 Å². The highest BCUT2D eigenvalue weighted by molar-refractivity contribution is 6.05. The minimum absolute atomic E-state index is 0.237. The van der Waals surface area contributed by atoms with Crippen LogP contribution in [-0.4, -0.2) is 23.4 Å². The third kappa shape index (κ3) is 3.30. The molecule has 0 radical (unpaired) electrons. The highest BCUT2D eigenvalue weighted by Gasteiger charge is 2.08. The van der Waals surface area contributed by atoms with Crippen LogP contribution in [0.25, 0.3) is 0 Å². The summed E-state index contributed by atoms with van der Waals surface area (Å²) in [6, 6.07) is 13.7. The highest BCUT2D eigenvalue weighted by Crippen LogP contribution is 2.13. The van der Waals surface area contributed by atoms with Crippen LogP contribution in [0.15, 0.2) is 48.5 Å². The fourth-order valence-electron chi connectivity index (χ4n) is 1.77. The molecule has 0 saturated carbocycles. The fourth-order valence-corrected chi connectivity index (χ4v) is 1.77. The Labute approximate surface area is 117 Å². The van der Waals surface area contributed by atoms with Crippen molar-refractivity contribution in [3.05, 3.63) is 65.2 Å². The predicted molar refractivity (Wildman–Crippen MR) is 77.0 cm³/mol. The number of aryl methyl sites for hydroxylation is 1. The molecular formula is C16H15NO3. The van der Waals surface area contributed by atoms with Crippen LogP contribution >= 0.6 is 0 Å². The number of benzene rings is 2. The lowest BCUT2D eigenvalue weighted by Crippen LogP contribution is -2.12. The summed E-state index contributed by atoms with van der Waals surface area (Å²) in [6.07, 6.45) is 0. The molecule has 2 N–H and O–H groups in total. The Morgan fingerprint density at radius 2 is 1.75 bits per heavy atom. The average molecular weight is 269 g/mol. The zero-order valence-electron chi connectivity index (χ0n) is 11.1. The summed E-state index contributed by atoms with van der Waals surface area (Å²) < 4.78 is 0. The summed E-state index contributed by atoms with van der Waals surface area (Å²) in [7, 11) is 0. The van der Waals surface area contributed by atoms with Gasteiger partial charge in [0.1, 0.15) is 6.61 Å². The number of aliphatic hydroxyl groups is 1. The van der Waals surface area contributed by atoms with Crippen molar-refractivity contribution < 1.29 is 14.7 Å². The van der Waals surface area contributed by atoms with Crippen molar-refractivity contribution in [3.8, 4) is 0 Å². The molecule has 2 aromatic carbocycles. The first-order valence-corrected chi connectivity index (χ1v) is 6.22. The molecule has 2 aromatic rings. The van der Waals surface area contributed by atoms with Crippen LogP contribution in [0.2, 0.25) is 0 Å². The second-order valence-corrected chi connectivity index (χ2v) is 4.48. The molecule has 4 heteroatoms. The quantitative estimate of drug-likeness (QED) is 0.838. The Morgan fingerprint density at radius 1 is 1.05 bits per heavy atom. The molecule has 0 bridgehead atoms. The van der Waals surface area contributed by atoms with Gasteiger partial charge in [-0.25, -0.2) is 0 Å². The summed E-state index contributed by atoms with van der Waals surface area (Å²) in [5.74, 6) is -0.616. The molecule has 0 aliphatic rings. The van der Waals surface area contributed by atoms with Gasteiger partial charge in [0.25, 0.3) is 5.91 Å². The summed E-state index contributed by atoms with van der Waals surface area (Å²) in [6.45, 7) is 1.40. The predicted octanol–water partition coefficient (Wildman–Crippen LogP) is 2.42. The zero-order chi connectivity index (χ0) is 14.5.